The number of hydrogen-bond acceptors (Lipinski definition) is 3. The van der Waals surface area contributed by atoms with E-state index in [2.05, 4.69) is 5.10 Å². The van der Waals surface area contributed by atoms with Gasteiger partial charge in [-0.25, -0.2) is 0 Å². The van der Waals surface area contributed by atoms with Crippen LogP contribution in [0, 0.1) is 5.92 Å². The Labute approximate surface area is 137 Å². The number of carbonyl (C=O) groups is 1. The van der Waals surface area contributed by atoms with Crippen molar-refractivity contribution in [1.29, 1.82) is 0 Å². The molecule has 0 aliphatic heterocycles. The lowest BCUT2D eigenvalue weighted by Gasteiger charge is -2.25. The highest BCUT2D eigenvalue weighted by molar-refractivity contribution is 5.78. The maximum absolute atomic E-state index is 12.7. The highest BCUT2D eigenvalue weighted by atomic mass is 16.5. The molecule has 0 N–H and O–H groups in total. The van der Waals surface area contributed by atoms with Crippen LogP contribution < -0.4 is 4.74 Å². The summed E-state index contributed by atoms with van der Waals surface area (Å²) in [7, 11) is 0. The number of rotatable bonds is 8. The van der Waals surface area contributed by atoms with Crippen LogP contribution in [0.2, 0.25) is 0 Å². The number of nitrogens with zero attached hydrogens (tertiary/aromatic N) is 3. The van der Waals surface area contributed by atoms with Gasteiger partial charge in [-0.15, -0.1) is 0 Å². The summed E-state index contributed by atoms with van der Waals surface area (Å²) in [6.07, 6.45) is 3.61. The molecule has 0 saturated carbocycles. The fraction of sp³-hybridized carbons (Fsp3) is 0.444. The summed E-state index contributed by atoms with van der Waals surface area (Å²) in [4.78, 5) is 14.6. The number of benzene rings is 1. The van der Waals surface area contributed by atoms with Crippen molar-refractivity contribution in [3.05, 3.63) is 48.3 Å². The lowest BCUT2D eigenvalue weighted by atomic mass is 10.1. The molecule has 0 aliphatic rings. The van der Waals surface area contributed by atoms with Crippen molar-refractivity contribution in [3.8, 4) is 5.75 Å². The quantitative estimate of drug-likeness (QED) is 0.752. The molecule has 0 saturated heterocycles. The molecule has 0 unspecified atom stereocenters. The van der Waals surface area contributed by atoms with Gasteiger partial charge >= 0.3 is 0 Å². The molecule has 5 nitrogen and oxygen atoms in total. The van der Waals surface area contributed by atoms with Crippen LogP contribution in [-0.4, -0.2) is 33.7 Å². The Morgan fingerprint density at radius 1 is 1.30 bits per heavy atom. The summed E-state index contributed by atoms with van der Waals surface area (Å²) >= 11 is 0. The molecule has 2 aromatic rings. The Morgan fingerprint density at radius 3 is 2.74 bits per heavy atom. The van der Waals surface area contributed by atoms with Crippen LogP contribution >= 0.6 is 0 Å². The molecule has 2 rings (SSSR count). The van der Waals surface area contributed by atoms with Crippen molar-refractivity contribution in [2.24, 2.45) is 5.92 Å². The summed E-state index contributed by atoms with van der Waals surface area (Å²) in [6, 6.07) is 9.76. The minimum Gasteiger partial charge on any atom is -0.494 e. The van der Waals surface area contributed by atoms with Gasteiger partial charge in [0, 0.05) is 31.0 Å². The van der Waals surface area contributed by atoms with Gasteiger partial charge in [0.05, 0.1) is 19.1 Å². The Morgan fingerprint density at radius 2 is 2.09 bits per heavy atom. The zero-order valence-electron chi connectivity index (χ0n) is 14.1. The largest absolute Gasteiger partial charge is 0.494 e. The Balaban J connectivity index is 2.05. The van der Waals surface area contributed by atoms with Crippen LogP contribution in [-0.2, 0) is 17.9 Å². The molecular weight excluding hydrogens is 290 g/mol. The van der Waals surface area contributed by atoms with Gasteiger partial charge in [0.1, 0.15) is 5.75 Å². The first-order valence-corrected chi connectivity index (χ1v) is 8.12. The van der Waals surface area contributed by atoms with E-state index in [0.717, 1.165) is 11.3 Å². The van der Waals surface area contributed by atoms with Gasteiger partial charge in [-0.3, -0.25) is 9.48 Å². The van der Waals surface area contributed by atoms with E-state index in [0.29, 0.717) is 26.2 Å². The van der Waals surface area contributed by atoms with E-state index in [4.69, 9.17) is 4.74 Å². The van der Waals surface area contributed by atoms with Gasteiger partial charge in [0.2, 0.25) is 5.91 Å². The Kier molecular flexibility index (Phi) is 6.20. The Bertz CT molecular complexity index is 610. The number of para-hydroxylation sites is 1. The highest BCUT2D eigenvalue weighted by Gasteiger charge is 2.21. The maximum Gasteiger partial charge on any atom is 0.227 e. The van der Waals surface area contributed by atoms with Crippen molar-refractivity contribution >= 4 is 5.91 Å². The zero-order chi connectivity index (χ0) is 16.7. The summed E-state index contributed by atoms with van der Waals surface area (Å²) in [5, 5.41) is 4.17. The highest BCUT2D eigenvalue weighted by Crippen LogP contribution is 2.21. The molecule has 0 bridgehead atoms. The van der Waals surface area contributed by atoms with Crippen molar-refractivity contribution in [3.63, 3.8) is 0 Å². The van der Waals surface area contributed by atoms with E-state index in [1.807, 2.05) is 62.2 Å². The molecule has 0 fully saturated rings. The predicted molar refractivity (Wildman–Crippen MR) is 90.1 cm³/mol. The molecule has 0 spiro atoms. The van der Waals surface area contributed by atoms with Crippen LogP contribution in [0.5, 0.6) is 5.75 Å². The van der Waals surface area contributed by atoms with Crippen LogP contribution in [0.15, 0.2) is 42.7 Å². The summed E-state index contributed by atoms with van der Waals surface area (Å²) < 4.78 is 7.45. The molecule has 0 aliphatic carbocycles. The zero-order valence-corrected chi connectivity index (χ0v) is 14.1. The second-order valence-electron chi connectivity index (χ2n) is 5.52. The monoisotopic (exact) mass is 315 g/mol. The molecule has 1 amide bonds. The SMILES string of the molecule is CCOc1ccccc1CN(CC)C(=O)[C@@H](C)Cn1cccn1. The van der Waals surface area contributed by atoms with E-state index >= 15 is 0 Å². The van der Waals surface area contributed by atoms with E-state index in [1.54, 1.807) is 10.9 Å². The number of ether oxygens (including phenoxy) is 1. The first kappa shape index (κ1) is 17.1. The minimum atomic E-state index is -0.117. The van der Waals surface area contributed by atoms with E-state index in [-0.39, 0.29) is 11.8 Å². The topological polar surface area (TPSA) is 47.4 Å². The molecule has 5 heteroatoms. The average molecular weight is 315 g/mol. The van der Waals surface area contributed by atoms with Gasteiger partial charge in [-0.05, 0) is 26.0 Å². The summed E-state index contributed by atoms with van der Waals surface area (Å²) in [5.74, 6) is 0.865. The van der Waals surface area contributed by atoms with E-state index in [1.165, 1.54) is 0 Å². The van der Waals surface area contributed by atoms with Gasteiger partial charge in [-0.1, -0.05) is 25.1 Å². The molecule has 0 radical (unpaired) electrons. The fourth-order valence-electron chi connectivity index (χ4n) is 2.56. The molecule has 1 atom stereocenters. The van der Waals surface area contributed by atoms with Crippen LogP contribution in [0.4, 0.5) is 0 Å². The smallest absolute Gasteiger partial charge is 0.227 e. The third-order valence-corrected chi connectivity index (χ3v) is 3.77. The maximum atomic E-state index is 12.7. The standard InChI is InChI=1S/C18H25N3O2/c1-4-20(14-16-9-6-7-10-17(16)23-5-2)18(22)15(3)13-21-12-8-11-19-21/h6-12,15H,4-5,13-14H2,1-3H3/t15-/m0/s1. The molecule has 1 aromatic carbocycles. The van der Waals surface area contributed by atoms with Gasteiger partial charge in [-0.2, -0.15) is 5.10 Å². The summed E-state index contributed by atoms with van der Waals surface area (Å²) in [5.41, 5.74) is 1.04. The van der Waals surface area contributed by atoms with Crippen molar-refractivity contribution in [2.75, 3.05) is 13.2 Å². The normalized spacial score (nSPS) is 12.0. The molecule has 1 heterocycles. The first-order valence-electron chi connectivity index (χ1n) is 8.12. The van der Waals surface area contributed by atoms with Gasteiger partial charge in [0.15, 0.2) is 0 Å². The molecule has 124 valence electrons. The van der Waals surface area contributed by atoms with E-state index < -0.39 is 0 Å². The van der Waals surface area contributed by atoms with Crippen molar-refractivity contribution in [2.45, 2.75) is 33.9 Å². The third kappa shape index (κ3) is 4.58. The molecular formula is C18H25N3O2. The number of amides is 1. The summed E-state index contributed by atoms with van der Waals surface area (Å²) in [6.45, 7) is 8.36. The van der Waals surface area contributed by atoms with Gasteiger partial charge < -0.3 is 9.64 Å². The van der Waals surface area contributed by atoms with Crippen LogP contribution in [0.25, 0.3) is 0 Å². The lowest BCUT2D eigenvalue weighted by molar-refractivity contribution is -0.135. The first-order chi connectivity index (χ1) is 11.2. The number of hydrogen-bond donors (Lipinski definition) is 0. The molecule has 1 aromatic heterocycles. The van der Waals surface area contributed by atoms with Gasteiger partial charge in [0.25, 0.3) is 0 Å². The van der Waals surface area contributed by atoms with Crippen molar-refractivity contribution in [1.82, 2.24) is 14.7 Å². The number of aromatic nitrogens is 2. The van der Waals surface area contributed by atoms with E-state index in [9.17, 15) is 4.79 Å². The Hall–Kier alpha value is -2.30. The number of carbonyl (C=O) groups excluding carboxylic acids is 1. The van der Waals surface area contributed by atoms with Crippen LogP contribution in [0.1, 0.15) is 26.3 Å². The predicted octanol–water partition coefficient (Wildman–Crippen LogP) is 2.97. The molecule has 23 heavy (non-hydrogen) atoms. The lowest BCUT2D eigenvalue weighted by Crippen LogP contribution is -2.36. The van der Waals surface area contributed by atoms with Crippen LogP contribution in [0.3, 0.4) is 0 Å². The minimum absolute atomic E-state index is 0.117. The third-order valence-electron chi connectivity index (χ3n) is 3.77. The fourth-order valence-corrected chi connectivity index (χ4v) is 2.56. The van der Waals surface area contributed by atoms with Crippen molar-refractivity contribution < 1.29 is 9.53 Å². The second kappa shape index (κ2) is 8.36. The average Bonchev–Trinajstić information content (AvgIpc) is 3.06. The second-order valence-corrected chi connectivity index (χ2v) is 5.52.